The average Bonchev–Trinajstić information content (AvgIpc) is 3.08. The molecule has 0 spiro atoms. The molecule has 0 unspecified atom stereocenters. The molecule has 8 nitrogen and oxygen atoms in total. The lowest BCUT2D eigenvalue weighted by molar-refractivity contribution is -0.0530. The summed E-state index contributed by atoms with van der Waals surface area (Å²) in [5, 5.41) is 9.91. The summed E-state index contributed by atoms with van der Waals surface area (Å²) in [5.41, 5.74) is 1.89. The Bertz CT molecular complexity index is 1040. The lowest BCUT2D eigenvalue weighted by atomic mass is 10.1. The van der Waals surface area contributed by atoms with Crippen molar-refractivity contribution in [2.45, 2.75) is 26.0 Å². The van der Waals surface area contributed by atoms with Crippen molar-refractivity contribution >= 4 is 17.0 Å². The minimum Gasteiger partial charge on any atom is -0.508 e. The van der Waals surface area contributed by atoms with Crippen LogP contribution >= 0.6 is 0 Å². The largest absolute Gasteiger partial charge is 0.508 e. The van der Waals surface area contributed by atoms with Crippen LogP contribution in [0.4, 0.5) is 5.82 Å². The lowest BCUT2D eigenvalue weighted by Gasteiger charge is -2.30. The Morgan fingerprint density at radius 3 is 2.64 bits per heavy atom. The van der Waals surface area contributed by atoms with Crippen LogP contribution in [0.2, 0.25) is 0 Å². The van der Waals surface area contributed by atoms with Crippen molar-refractivity contribution in [3.8, 4) is 17.1 Å². The second kappa shape index (κ2) is 6.42. The Hall–Kier alpha value is -2.71. The molecule has 8 heteroatoms. The van der Waals surface area contributed by atoms with Crippen molar-refractivity contribution in [2.24, 2.45) is 0 Å². The normalized spacial score (nSPS) is 19.0. The fourth-order valence-corrected chi connectivity index (χ4v) is 3.88. The summed E-state index contributed by atoms with van der Waals surface area (Å²) in [6, 6.07) is 7.04. The number of aromatic hydroxyl groups is 1. The van der Waals surface area contributed by atoms with Gasteiger partial charge in [0, 0.05) is 25.2 Å². The van der Waals surface area contributed by atoms with Gasteiger partial charge in [-0.1, -0.05) is 12.1 Å². The Morgan fingerprint density at radius 1 is 1.04 bits per heavy atom. The van der Waals surface area contributed by atoms with Crippen LogP contribution in [0.1, 0.15) is 19.7 Å². The molecular weight excluding hydrogens is 358 g/mol. The number of phenolic OH excluding ortho intramolecular Hbond substituents is 1. The SMILES string of the molecule is CC1(C)OCCn2c1nc1c(N3CCOCC3)nc(-c3cccc(O)c3)nc12. The third kappa shape index (κ3) is 2.80. The molecule has 2 aromatic heterocycles. The van der Waals surface area contributed by atoms with Gasteiger partial charge in [0.1, 0.15) is 17.2 Å². The minimum atomic E-state index is -0.480. The Morgan fingerprint density at radius 2 is 1.86 bits per heavy atom. The number of imidazole rings is 1. The maximum Gasteiger partial charge on any atom is 0.166 e. The summed E-state index contributed by atoms with van der Waals surface area (Å²) < 4.78 is 13.6. The quantitative estimate of drug-likeness (QED) is 0.729. The number of phenols is 1. The van der Waals surface area contributed by atoms with Gasteiger partial charge in [-0.25, -0.2) is 15.0 Å². The lowest BCUT2D eigenvalue weighted by Crippen LogP contribution is -2.37. The number of hydrogen-bond acceptors (Lipinski definition) is 7. The van der Waals surface area contributed by atoms with E-state index in [0.717, 1.165) is 41.5 Å². The molecule has 1 N–H and O–H groups in total. The van der Waals surface area contributed by atoms with Gasteiger partial charge in [0.15, 0.2) is 22.8 Å². The number of fused-ring (bicyclic) bond motifs is 3. The van der Waals surface area contributed by atoms with E-state index in [9.17, 15) is 5.11 Å². The van der Waals surface area contributed by atoms with Crippen LogP contribution in [0.15, 0.2) is 24.3 Å². The van der Waals surface area contributed by atoms with Gasteiger partial charge >= 0.3 is 0 Å². The first-order valence-electron chi connectivity index (χ1n) is 9.58. The molecule has 2 aliphatic heterocycles. The fourth-order valence-electron chi connectivity index (χ4n) is 3.88. The summed E-state index contributed by atoms with van der Waals surface area (Å²) in [6.45, 7) is 8.22. The summed E-state index contributed by atoms with van der Waals surface area (Å²) in [5.74, 6) is 2.45. The van der Waals surface area contributed by atoms with E-state index in [1.165, 1.54) is 0 Å². The van der Waals surface area contributed by atoms with E-state index in [1.54, 1.807) is 18.2 Å². The third-order valence-corrected chi connectivity index (χ3v) is 5.31. The van der Waals surface area contributed by atoms with E-state index in [1.807, 2.05) is 19.9 Å². The molecule has 0 bridgehead atoms. The van der Waals surface area contributed by atoms with Gasteiger partial charge in [0.05, 0.1) is 19.8 Å². The number of morpholine rings is 1. The van der Waals surface area contributed by atoms with Crippen LogP contribution in [0.3, 0.4) is 0 Å². The highest BCUT2D eigenvalue weighted by Gasteiger charge is 2.34. The second-order valence-corrected chi connectivity index (χ2v) is 7.64. The van der Waals surface area contributed by atoms with Crippen LogP contribution < -0.4 is 4.90 Å². The molecule has 0 saturated carbocycles. The molecule has 1 fully saturated rings. The standard InChI is InChI=1S/C20H23N5O3/c1-20(2)19-21-15-17(24-6-9-27-10-7-24)22-16(13-4-3-5-14(26)12-13)23-18(15)25(19)8-11-28-20/h3-5,12,26H,6-11H2,1-2H3. The summed E-state index contributed by atoms with van der Waals surface area (Å²) >= 11 is 0. The fraction of sp³-hybridized carbons (Fsp3) is 0.450. The first kappa shape index (κ1) is 17.4. The Kier molecular flexibility index (Phi) is 3.99. The highest BCUT2D eigenvalue weighted by atomic mass is 16.5. The first-order valence-corrected chi connectivity index (χ1v) is 9.58. The van der Waals surface area contributed by atoms with Crippen molar-refractivity contribution in [2.75, 3.05) is 37.8 Å². The minimum absolute atomic E-state index is 0.193. The van der Waals surface area contributed by atoms with Gasteiger partial charge < -0.3 is 24.0 Å². The maximum atomic E-state index is 9.91. The maximum absolute atomic E-state index is 9.91. The topological polar surface area (TPSA) is 85.5 Å². The van der Waals surface area contributed by atoms with Crippen LogP contribution in [0.25, 0.3) is 22.6 Å². The zero-order valence-electron chi connectivity index (χ0n) is 16.1. The zero-order chi connectivity index (χ0) is 19.3. The number of rotatable bonds is 2. The summed E-state index contributed by atoms with van der Waals surface area (Å²) in [7, 11) is 0. The van der Waals surface area contributed by atoms with Crippen LogP contribution in [0.5, 0.6) is 5.75 Å². The van der Waals surface area contributed by atoms with Gasteiger partial charge in [0.2, 0.25) is 0 Å². The smallest absolute Gasteiger partial charge is 0.166 e. The molecule has 0 amide bonds. The van der Waals surface area contributed by atoms with Gasteiger partial charge in [-0.2, -0.15) is 0 Å². The predicted molar refractivity (Wildman–Crippen MR) is 104 cm³/mol. The highest BCUT2D eigenvalue weighted by Crippen LogP contribution is 2.35. The number of aromatic nitrogens is 4. The van der Waals surface area contributed by atoms with Crippen molar-refractivity contribution in [1.82, 2.24) is 19.5 Å². The van der Waals surface area contributed by atoms with Crippen molar-refractivity contribution < 1.29 is 14.6 Å². The van der Waals surface area contributed by atoms with Crippen molar-refractivity contribution in [1.29, 1.82) is 0 Å². The van der Waals surface area contributed by atoms with E-state index in [0.29, 0.717) is 32.2 Å². The average molecular weight is 381 g/mol. The summed E-state index contributed by atoms with van der Waals surface area (Å²) in [6.07, 6.45) is 0. The van der Waals surface area contributed by atoms with Gasteiger partial charge in [-0.15, -0.1) is 0 Å². The van der Waals surface area contributed by atoms with Crippen molar-refractivity contribution in [3.63, 3.8) is 0 Å². The molecule has 0 radical (unpaired) electrons. The number of anilines is 1. The van der Waals surface area contributed by atoms with E-state index in [4.69, 9.17) is 24.4 Å². The molecule has 0 aliphatic carbocycles. The molecule has 1 saturated heterocycles. The molecule has 4 heterocycles. The van der Waals surface area contributed by atoms with E-state index in [-0.39, 0.29) is 5.75 Å². The second-order valence-electron chi connectivity index (χ2n) is 7.64. The molecule has 28 heavy (non-hydrogen) atoms. The Labute approximate surface area is 162 Å². The van der Waals surface area contributed by atoms with E-state index >= 15 is 0 Å². The molecular formula is C20H23N5O3. The number of benzene rings is 1. The van der Waals surface area contributed by atoms with Crippen LogP contribution in [-0.4, -0.2) is 57.5 Å². The molecule has 2 aliphatic rings. The molecule has 3 aromatic rings. The Balaban J connectivity index is 1.76. The van der Waals surface area contributed by atoms with Crippen LogP contribution in [-0.2, 0) is 21.6 Å². The summed E-state index contributed by atoms with van der Waals surface area (Å²) in [4.78, 5) is 16.8. The number of hydrogen-bond donors (Lipinski definition) is 1. The molecule has 146 valence electrons. The van der Waals surface area contributed by atoms with E-state index in [2.05, 4.69) is 9.47 Å². The van der Waals surface area contributed by atoms with Gasteiger partial charge in [-0.3, -0.25) is 0 Å². The first-order chi connectivity index (χ1) is 13.5. The van der Waals surface area contributed by atoms with Crippen molar-refractivity contribution in [3.05, 3.63) is 30.1 Å². The zero-order valence-corrected chi connectivity index (χ0v) is 16.1. The molecule has 5 rings (SSSR count). The van der Waals surface area contributed by atoms with Gasteiger partial charge in [-0.05, 0) is 26.0 Å². The van der Waals surface area contributed by atoms with Gasteiger partial charge in [0.25, 0.3) is 0 Å². The predicted octanol–water partition coefficient (Wildman–Crippen LogP) is 2.30. The molecule has 0 atom stereocenters. The number of ether oxygens (including phenoxy) is 2. The van der Waals surface area contributed by atoms with Crippen LogP contribution in [0, 0.1) is 0 Å². The highest BCUT2D eigenvalue weighted by molar-refractivity contribution is 5.86. The third-order valence-electron chi connectivity index (χ3n) is 5.31. The molecule has 1 aromatic carbocycles. The van der Waals surface area contributed by atoms with E-state index < -0.39 is 5.60 Å². The monoisotopic (exact) mass is 381 g/mol. The number of nitrogens with zero attached hydrogens (tertiary/aromatic N) is 5.